The lowest BCUT2D eigenvalue weighted by Gasteiger charge is -1.99. The number of hydrogen-bond donors (Lipinski definition) is 2. The van der Waals surface area contributed by atoms with Crippen LogP contribution < -0.4 is 11.5 Å². The van der Waals surface area contributed by atoms with Crippen molar-refractivity contribution in [1.29, 1.82) is 0 Å². The molecule has 1 aromatic rings. The molecule has 0 aromatic heterocycles. The number of aliphatic imine (C=N–C) groups is 1. The van der Waals surface area contributed by atoms with Gasteiger partial charge in [-0.2, -0.15) is 0 Å². The second-order valence-electron chi connectivity index (χ2n) is 2.33. The summed E-state index contributed by atoms with van der Waals surface area (Å²) in [5.74, 6) is 0.116. The Morgan fingerprint density at radius 3 is 2.46 bits per heavy atom. The molecule has 5 heteroatoms. The zero-order valence-corrected chi connectivity index (χ0v) is 10.8. The molecule has 0 amide bonds. The van der Waals surface area contributed by atoms with E-state index in [2.05, 4.69) is 20.9 Å². The number of nitrogens with two attached hydrogens (primary N) is 2. The third-order valence-electron chi connectivity index (χ3n) is 1.39. The Kier molecular flexibility index (Phi) is 6.06. The Labute approximate surface area is 103 Å². The van der Waals surface area contributed by atoms with Gasteiger partial charge >= 0.3 is 0 Å². The maximum absolute atomic E-state index is 5.20. The summed E-state index contributed by atoms with van der Waals surface area (Å²) in [5, 5.41) is 0. The van der Waals surface area contributed by atoms with Gasteiger partial charge in [-0.3, -0.25) is 0 Å². The second kappa shape index (κ2) is 6.20. The molecule has 4 N–H and O–H groups in total. The van der Waals surface area contributed by atoms with Crippen molar-refractivity contribution in [2.45, 2.75) is 6.54 Å². The van der Waals surface area contributed by atoms with Crippen LogP contribution in [0.5, 0.6) is 0 Å². The quantitative estimate of drug-likeness (QED) is 0.483. The first-order chi connectivity index (χ1) is 5.70. The fourth-order valence-electron chi connectivity index (χ4n) is 0.803. The topological polar surface area (TPSA) is 64.4 Å². The summed E-state index contributed by atoms with van der Waals surface area (Å²) in [6.45, 7) is 0.518. The van der Waals surface area contributed by atoms with Gasteiger partial charge in [-0.1, -0.05) is 34.1 Å². The highest BCUT2D eigenvalue weighted by Crippen LogP contribution is 2.16. The van der Waals surface area contributed by atoms with Crippen molar-refractivity contribution in [2.75, 3.05) is 0 Å². The minimum absolute atomic E-state index is 0. The average molecular weight is 356 g/mol. The Bertz CT molecular complexity index is 297. The highest BCUT2D eigenvalue weighted by molar-refractivity contribution is 14.0. The molecule has 1 aromatic carbocycles. The van der Waals surface area contributed by atoms with E-state index in [1.165, 1.54) is 0 Å². The van der Waals surface area contributed by atoms with Crippen LogP contribution in [0.2, 0.25) is 0 Å². The van der Waals surface area contributed by atoms with Gasteiger partial charge in [0.2, 0.25) is 0 Å². The van der Waals surface area contributed by atoms with Crippen molar-refractivity contribution < 1.29 is 0 Å². The third-order valence-corrected chi connectivity index (χ3v) is 2.16. The van der Waals surface area contributed by atoms with E-state index in [4.69, 9.17) is 11.5 Å². The molecule has 0 aliphatic carbocycles. The van der Waals surface area contributed by atoms with Crippen LogP contribution in [0.15, 0.2) is 33.7 Å². The zero-order chi connectivity index (χ0) is 8.97. The molecule has 0 heterocycles. The first kappa shape index (κ1) is 12.7. The number of rotatable bonds is 2. The van der Waals surface area contributed by atoms with Crippen molar-refractivity contribution in [3.63, 3.8) is 0 Å². The molecule has 0 bridgehead atoms. The van der Waals surface area contributed by atoms with Gasteiger partial charge in [0.15, 0.2) is 5.96 Å². The van der Waals surface area contributed by atoms with Gasteiger partial charge in [0.05, 0.1) is 6.54 Å². The SMILES string of the molecule is I.NC(N)=NCc1ccccc1Br. The number of benzene rings is 1. The highest BCUT2D eigenvalue weighted by Gasteiger charge is 1.95. The average Bonchev–Trinajstić information content (AvgIpc) is 2.03. The first-order valence-electron chi connectivity index (χ1n) is 3.49. The van der Waals surface area contributed by atoms with E-state index in [9.17, 15) is 0 Å². The highest BCUT2D eigenvalue weighted by atomic mass is 127. The van der Waals surface area contributed by atoms with Gasteiger partial charge in [0, 0.05) is 4.47 Å². The van der Waals surface area contributed by atoms with Crippen LogP contribution in [0.3, 0.4) is 0 Å². The van der Waals surface area contributed by atoms with E-state index in [-0.39, 0.29) is 29.9 Å². The van der Waals surface area contributed by atoms with Crippen LogP contribution in [-0.2, 0) is 6.54 Å². The summed E-state index contributed by atoms with van der Waals surface area (Å²) in [5.41, 5.74) is 11.5. The third kappa shape index (κ3) is 4.47. The van der Waals surface area contributed by atoms with Gasteiger partial charge in [0.25, 0.3) is 0 Å². The molecule has 0 radical (unpaired) electrons. The zero-order valence-electron chi connectivity index (χ0n) is 6.90. The Balaban J connectivity index is 0.00000144. The standard InChI is InChI=1S/C8H10BrN3.HI/c9-7-4-2-1-3-6(7)5-12-8(10)11;/h1-4H,5H2,(H4,10,11,12);1H. The van der Waals surface area contributed by atoms with Crippen LogP contribution in [0.25, 0.3) is 0 Å². The number of nitrogens with zero attached hydrogens (tertiary/aromatic N) is 1. The molecule has 3 nitrogen and oxygen atoms in total. The van der Waals surface area contributed by atoms with Crippen molar-refractivity contribution in [2.24, 2.45) is 16.5 Å². The van der Waals surface area contributed by atoms with Crippen LogP contribution in [0, 0.1) is 0 Å². The maximum atomic E-state index is 5.20. The largest absolute Gasteiger partial charge is 0.370 e. The van der Waals surface area contributed by atoms with Crippen molar-refractivity contribution in [3.05, 3.63) is 34.3 Å². The lowest BCUT2D eigenvalue weighted by atomic mass is 10.2. The fraction of sp³-hybridized carbons (Fsp3) is 0.125. The molecule has 0 saturated heterocycles. The van der Waals surface area contributed by atoms with E-state index in [0.29, 0.717) is 6.54 Å². The fourth-order valence-corrected chi connectivity index (χ4v) is 1.21. The van der Waals surface area contributed by atoms with Crippen LogP contribution in [0.1, 0.15) is 5.56 Å². The molecule has 72 valence electrons. The van der Waals surface area contributed by atoms with Gasteiger partial charge in [-0.25, -0.2) is 4.99 Å². The Morgan fingerprint density at radius 2 is 1.92 bits per heavy atom. The summed E-state index contributed by atoms with van der Waals surface area (Å²) >= 11 is 3.40. The molecule has 0 spiro atoms. The van der Waals surface area contributed by atoms with E-state index in [1.807, 2.05) is 24.3 Å². The minimum Gasteiger partial charge on any atom is -0.370 e. The van der Waals surface area contributed by atoms with Crippen LogP contribution in [-0.4, -0.2) is 5.96 Å². The van der Waals surface area contributed by atoms with E-state index < -0.39 is 0 Å². The summed E-state index contributed by atoms with van der Waals surface area (Å²) in [6, 6.07) is 7.82. The minimum atomic E-state index is 0. The monoisotopic (exact) mass is 355 g/mol. The molecule has 13 heavy (non-hydrogen) atoms. The molecule has 0 aliphatic rings. The molecular formula is C8H11BrIN3. The summed E-state index contributed by atoms with van der Waals surface area (Å²) in [4.78, 5) is 3.90. The first-order valence-corrected chi connectivity index (χ1v) is 4.28. The normalized spacial score (nSPS) is 8.69. The smallest absolute Gasteiger partial charge is 0.186 e. The Morgan fingerprint density at radius 1 is 1.31 bits per heavy atom. The van der Waals surface area contributed by atoms with Crippen LogP contribution in [0.4, 0.5) is 0 Å². The summed E-state index contributed by atoms with van der Waals surface area (Å²) in [7, 11) is 0. The molecule has 0 saturated carbocycles. The molecule has 1 rings (SSSR count). The molecule has 0 fully saturated rings. The lowest BCUT2D eigenvalue weighted by Crippen LogP contribution is -2.22. The maximum Gasteiger partial charge on any atom is 0.186 e. The lowest BCUT2D eigenvalue weighted by molar-refractivity contribution is 1.05. The van der Waals surface area contributed by atoms with Crippen molar-refractivity contribution in [3.8, 4) is 0 Å². The molecule has 0 unspecified atom stereocenters. The number of guanidine groups is 1. The number of hydrogen-bond acceptors (Lipinski definition) is 1. The molecular weight excluding hydrogens is 345 g/mol. The van der Waals surface area contributed by atoms with Gasteiger partial charge < -0.3 is 11.5 Å². The number of halogens is 2. The van der Waals surface area contributed by atoms with Gasteiger partial charge in [0.1, 0.15) is 0 Å². The van der Waals surface area contributed by atoms with Crippen molar-refractivity contribution >= 4 is 45.9 Å². The van der Waals surface area contributed by atoms with E-state index in [0.717, 1.165) is 10.0 Å². The van der Waals surface area contributed by atoms with E-state index in [1.54, 1.807) is 0 Å². The van der Waals surface area contributed by atoms with Crippen LogP contribution >= 0.6 is 39.9 Å². The van der Waals surface area contributed by atoms with Crippen molar-refractivity contribution in [1.82, 2.24) is 0 Å². The predicted octanol–water partition coefficient (Wildman–Crippen LogP) is 1.84. The summed E-state index contributed by atoms with van der Waals surface area (Å²) < 4.78 is 1.02. The van der Waals surface area contributed by atoms with E-state index >= 15 is 0 Å². The second-order valence-corrected chi connectivity index (χ2v) is 3.19. The molecule has 0 atom stereocenters. The predicted molar refractivity (Wildman–Crippen MR) is 69.1 cm³/mol. The summed E-state index contributed by atoms with van der Waals surface area (Å²) in [6.07, 6.45) is 0. The van der Waals surface area contributed by atoms with Gasteiger partial charge in [-0.05, 0) is 11.6 Å². The Hall–Kier alpha value is -0.300. The van der Waals surface area contributed by atoms with Gasteiger partial charge in [-0.15, -0.1) is 24.0 Å². The molecule has 0 aliphatic heterocycles.